The molecule has 0 fully saturated rings. The fourth-order valence-electron chi connectivity index (χ4n) is 0.979. The van der Waals surface area contributed by atoms with Crippen LogP contribution in [0.5, 0.6) is 0 Å². The standard InChI is InChI=1S/C9H19NO4S2/c1-4-15-6-5-7(2)10-16(13,14)8(3)9(11)12/h7-8,10H,4-6H2,1-3H3,(H,11,12). The molecule has 0 aliphatic carbocycles. The highest BCUT2D eigenvalue weighted by Gasteiger charge is 2.28. The van der Waals surface area contributed by atoms with Crippen molar-refractivity contribution in [1.29, 1.82) is 0 Å². The van der Waals surface area contributed by atoms with E-state index in [1.54, 1.807) is 18.7 Å². The van der Waals surface area contributed by atoms with Crippen molar-refractivity contribution >= 4 is 27.8 Å². The summed E-state index contributed by atoms with van der Waals surface area (Å²) in [4.78, 5) is 10.6. The fourth-order valence-corrected chi connectivity index (χ4v) is 2.94. The third-order valence-electron chi connectivity index (χ3n) is 2.08. The van der Waals surface area contributed by atoms with Gasteiger partial charge < -0.3 is 5.11 Å². The van der Waals surface area contributed by atoms with Gasteiger partial charge in [0.15, 0.2) is 5.25 Å². The van der Waals surface area contributed by atoms with Crippen LogP contribution in [0.1, 0.15) is 27.2 Å². The van der Waals surface area contributed by atoms with Crippen molar-refractivity contribution < 1.29 is 18.3 Å². The van der Waals surface area contributed by atoms with Crippen LogP contribution in [0.3, 0.4) is 0 Å². The van der Waals surface area contributed by atoms with Crippen LogP contribution < -0.4 is 4.72 Å². The Bertz CT molecular complexity index is 315. The smallest absolute Gasteiger partial charge is 0.323 e. The van der Waals surface area contributed by atoms with Crippen molar-refractivity contribution in [2.75, 3.05) is 11.5 Å². The number of carboxylic acid groups (broad SMARTS) is 1. The molecular formula is C9H19NO4S2. The highest BCUT2D eigenvalue weighted by molar-refractivity contribution is 7.99. The lowest BCUT2D eigenvalue weighted by atomic mass is 10.3. The molecular weight excluding hydrogens is 250 g/mol. The van der Waals surface area contributed by atoms with E-state index in [9.17, 15) is 13.2 Å². The molecule has 0 aliphatic heterocycles. The first-order valence-corrected chi connectivity index (χ1v) is 7.83. The van der Waals surface area contributed by atoms with Crippen LogP contribution in [0.2, 0.25) is 0 Å². The molecule has 96 valence electrons. The van der Waals surface area contributed by atoms with E-state index in [1.807, 2.05) is 6.92 Å². The third-order valence-corrected chi connectivity index (χ3v) is 4.87. The van der Waals surface area contributed by atoms with Crippen molar-refractivity contribution in [2.45, 2.75) is 38.5 Å². The first kappa shape index (κ1) is 15.7. The Kier molecular flexibility index (Phi) is 7.01. The Labute approximate surface area is 101 Å². The number of rotatable bonds is 8. The molecule has 0 aliphatic rings. The van der Waals surface area contributed by atoms with Crippen molar-refractivity contribution in [3.8, 4) is 0 Å². The van der Waals surface area contributed by atoms with Gasteiger partial charge in [0.25, 0.3) is 0 Å². The highest BCUT2D eigenvalue weighted by Crippen LogP contribution is 2.06. The number of carbonyl (C=O) groups is 1. The quantitative estimate of drug-likeness (QED) is 0.640. The molecule has 0 spiro atoms. The molecule has 0 amide bonds. The van der Waals surface area contributed by atoms with E-state index >= 15 is 0 Å². The summed E-state index contributed by atoms with van der Waals surface area (Å²) in [6, 6.07) is -0.231. The minimum absolute atomic E-state index is 0.231. The van der Waals surface area contributed by atoms with Gasteiger partial charge in [0.05, 0.1) is 0 Å². The molecule has 2 N–H and O–H groups in total. The van der Waals surface area contributed by atoms with Gasteiger partial charge in [-0.15, -0.1) is 0 Å². The molecule has 0 aromatic carbocycles. The molecule has 5 nitrogen and oxygen atoms in total. The average Bonchev–Trinajstić information content (AvgIpc) is 2.16. The number of thioether (sulfide) groups is 1. The zero-order valence-electron chi connectivity index (χ0n) is 9.76. The summed E-state index contributed by atoms with van der Waals surface area (Å²) in [6.45, 7) is 4.94. The fraction of sp³-hybridized carbons (Fsp3) is 0.889. The van der Waals surface area contributed by atoms with Gasteiger partial charge in [0, 0.05) is 6.04 Å². The molecule has 2 atom stereocenters. The van der Waals surface area contributed by atoms with Crippen molar-refractivity contribution in [3.05, 3.63) is 0 Å². The maximum absolute atomic E-state index is 11.5. The molecule has 0 aromatic rings. The Hall–Kier alpha value is -0.270. The number of hydrogen-bond donors (Lipinski definition) is 2. The second-order valence-electron chi connectivity index (χ2n) is 3.53. The van der Waals surface area contributed by atoms with Crippen LogP contribution in [0.4, 0.5) is 0 Å². The lowest BCUT2D eigenvalue weighted by Gasteiger charge is -2.15. The molecule has 0 rings (SSSR count). The molecule has 0 saturated heterocycles. The van der Waals surface area contributed by atoms with Gasteiger partial charge in [-0.05, 0) is 31.8 Å². The summed E-state index contributed by atoms with van der Waals surface area (Å²) in [5, 5.41) is 7.21. The molecule has 0 aromatic heterocycles. The van der Waals surface area contributed by atoms with Gasteiger partial charge in [-0.2, -0.15) is 11.8 Å². The second kappa shape index (κ2) is 7.13. The van der Waals surface area contributed by atoms with Crippen LogP contribution in [-0.4, -0.2) is 42.3 Å². The van der Waals surface area contributed by atoms with E-state index < -0.39 is 21.2 Å². The van der Waals surface area contributed by atoms with Crippen molar-refractivity contribution in [1.82, 2.24) is 4.72 Å². The molecule has 7 heteroatoms. The topological polar surface area (TPSA) is 83.5 Å². The minimum atomic E-state index is -3.75. The molecule has 16 heavy (non-hydrogen) atoms. The van der Waals surface area contributed by atoms with Gasteiger partial charge in [-0.1, -0.05) is 6.92 Å². The second-order valence-corrected chi connectivity index (χ2v) is 6.96. The molecule has 0 heterocycles. The zero-order chi connectivity index (χ0) is 12.8. The normalized spacial score (nSPS) is 15.7. The van der Waals surface area contributed by atoms with E-state index in [0.29, 0.717) is 6.42 Å². The van der Waals surface area contributed by atoms with E-state index in [1.165, 1.54) is 0 Å². The van der Waals surface area contributed by atoms with Crippen molar-refractivity contribution in [3.63, 3.8) is 0 Å². The zero-order valence-corrected chi connectivity index (χ0v) is 11.4. The summed E-state index contributed by atoms with van der Waals surface area (Å²) in [6.07, 6.45) is 0.698. The number of aliphatic carboxylic acids is 1. The van der Waals surface area contributed by atoms with E-state index in [2.05, 4.69) is 4.72 Å². The first-order valence-electron chi connectivity index (χ1n) is 5.13. The Morgan fingerprint density at radius 1 is 1.44 bits per heavy atom. The third kappa shape index (κ3) is 5.72. The van der Waals surface area contributed by atoms with Gasteiger partial charge in [0.1, 0.15) is 0 Å². The number of nitrogens with one attached hydrogen (secondary N) is 1. The van der Waals surface area contributed by atoms with E-state index in [-0.39, 0.29) is 6.04 Å². The van der Waals surface area contributed by atoms with Crippen LogP contribution in [0.25, 0.3) is 0 Å². The summed E-state index contributed by atoms with van der Waals surface area (Å²) < 4.78 is 25.4. The van der Waals surface area contributed by atoms with Crippen LogP contribution in [0, 0.1) is 0 Å². The maximum atomic E-state index is 11.5. The number of hydrogen-bond acceptors (Lipinski definition) is 4. The Morgan fingerprint density at radius 3 is 2.44 bits per heavy atom. The minimum Gasteiger partial charge on any atom is -0.480 e. The van der Waals surface area contributed by atoms with Gasteiger partial charge in [0.2, 0.25) is 10.0 Å². The largest absolute Gasteiger partial charge is 0.480 e. The molecule has 0 radical (unpaired) electrons. The molecule has 2 unspecified atom stereocenters. The average molecular weight is 269 g/mol. The monoisotopic (exact) mass is 269 g/mol. The summed E-state index contributed by atoms with van der Waals surface area (Å²) in [5.41, 5.74) is 0. The predicted octanol–water partition coefficient (Wildman–Crippen LogP) is 0.911. The van der Waals surface area contributed by atoms with Gasteiger partial charge >= 0.3 is 5.97 Å². The van der Waals surface area contributed by atoms with Crippen LogP contribution in [0.15, 0.2) is 0 Å². The predicted molar refractivity (Wildman–Crippen MR) is 66.2 cm³/mol. The number of sulfonamides is 1. The van der Waals surface area contributed by atoms with Gasteiger partial charge in [-0.3, -0.25) is 4.79 Å². The van der Waals surface area contributed by atoms with Crippen LogP contribution in [-0.2, 0) is 14.8 Å². The Balaban J connectivity index is 4.21. The van der Waals surface area contributed by atoms with Crippen molar-refractivity contribution in [2.24, 2.45) is 0 Å². The summed E-state index contributed by atoms with van der Waals surface area (Å²) in [5.74, 6) is 0.523. The number of carboxylic acids is 1. The Morgan fingerprint density at radius 2 is 2.00 bits per heavy atom. The highest BCUT2D eigenvalue weighted by atomic mass is 32.2. The SMILES string of the molecule is CCSCCC(C)NS(=O)(=O)C(C)C(=O)O. The van der Waals surface area contributed by atoms with E-state index in [0.717, 1.165) is 18.4 Å². The molecule has 0 saturated carbocycles. The maximum Gasteiger partial charge on any atom is 0.323 e. The summed E-state index contributed by atoms with van der Waals surface area (Å²) >= 11 is 1.73. The van der Waals surface area contributed by atoms with Gasteiger partial charge in [-0.25, -0.2) is 13.1 Å². The lowest BCUT2D eigenvalue weighted by molar-refractivity contribution is -0.136. The first-order chi connectivity index (χ1) is 7.31. The lowest BCUT2D eigenvalue weighted by Crippen LogP contribution is -2.42. The molecule has 0 bridgehead atoms. The summed E-state index contributed by atoms with van der Waals surface area (Å²) in [7, 11) is -3.75. The van der Waals surface area contributed by atoms with Crippen LogP contribution >= 0.6 is 11.8 Å². The van der Waals surface area contributed by atoms with E-state index in [4.69, 9.17) is 5.11 Å².